The summed E-state index contributed by atoms with van der Waals surface area (Å²) in [6, 6.07) is 5.19. The average Bonchev–Trinajstić information content (AvgIpc) is 2.25. The Morgan fingerprint density at radius 3 is 2.11 bits per heavy atom. The van der Waals surface area contributed by atoms with Crippen LogP contribution in [0.1, 0.15) is 20.3 Å². The van der Waals surface area contributed by atoms with E-state index in [0.717, 1.165) is 0 Å². The first-order chi connectivity index (χ1) is 8.34. The smallest absolute Gasteiger partial charge is 0.226 e. The molecule has 0 fully saturated rings. The molecular weight excluding hydrogens is 232 g/mol. The van der Waals surface area contributed by atoms with Crippen LogP contribution in [0.3, 0.4) is 0 Å². The van der Waals surface area contributed by atoms with E-state index < -0.39 is 5.54 Å². The summed E-state index contributed by atoms with van der Waals surface area (Å²) in [5.74, 6) is 1.10. The molecule has 0 aliphatic heterocycles. The van der Waals surface area contributed by atoms with E-state index in [1.807, 2.05) is 0 Å². The summed E-state index contributed by atoms with van der Waals surface area (Å²) < 4.78 is 10.2. The molecule has 100 valence electrons. The molecule has 18 heavy (non-hydrogen) atoms. The van der Waals surface area contributed by atoms with Gasteiger partial charge < -0.3 is 20.5 Å². The number of hydrogen-bond donors (Lipinski definition) is 2. The predicted octanol–water partition coefficient (Wildman–Crippen LogP) is 1.77. The molecule has 1 rings (SSSR count). The zero-order chi connectivity index (χ0) is 13.8. The van der Waals surface area contributed by atoms with Gasteiger partial charge >= 0.3 is 0 Å². The highest BCUT2D eigenvalue weighted by Crippen LogP contribution is 2.26. The second-order valence-corrected chi connectivity index (χ2v) is 4.81. The van der Waals surface area contributed by atoms with Crippen molar-refractivity contribution in [3.63, 3.8) is 0 Å². The monoisotopic (exact) mass is 252 g/mol. The standard InChI is InChI=1S/C13H20N2O3/c1-13(2,14)8-12(16)15-9-5-10(17-3)7-11(6-9)18-4/h5-7H,8,14H2,1-4H3,(H,15,16). The van der Waals surface area contributed by atoms with Gasteiger partial charge in [-0.05, 0) is 13.8 Å². The van der Waals surface area contributed by atoms with E-state index in [1.54, 1.807) is 46.3 Å². The summed E-state index contributed by atoms with van der Waals surface area (Å²) in [5.41, 5.74) is 5.88. The van der Waals surface area contributed by atoms with E-state index in [9.17, 15) is 4.79 Å². The van der Waals surface area contributed by atoms with Crippen molar-refractivity contribution in [3.8, 4) is 11.5 Å². The van der Waals surface area contributed by atoms with Crippen LogP contribution < -0.4 is 20.5 Å². The minimum atomic E-state index is -0.535. The molecule has 0 saturated carbocycles. The second-order valence-electron chi connectivity index (χ2n) is 4.81. The van der Waals surface area contributed by atoms with Crippen LogP contribution in [0.25, 0.3) is 0 Å². The fourth-order valence-corrected chi connectivity index (χ4v) is 1.50. The summed E-state index contributed by atoms with van der Waals surface area (Å²) in [6.45, 7) is 3.61. The van der Waals surface area contributed by atoms with Crippen LogP contribution in [-0.4, -0.2) is 25.7 Å². The molecule has 3 N–H and O–H groups in total. The van der Waals surface area contributed by atoms with Crippen LogP contribution in [0.4, 0.5) is 5.69 Å². The molecule has 1 aromatic carbocycles. The Hall–Kier alpha value is -1.75. The Morgan fingerprint density at radius 2 is 1.72 bits per heavy atom. The molecule has 5 heteroatoms. The van der Waals surface area contributed by atoms with Gasteiger partial charge in [0.25, 0.3) is 0 Å². The number of rotatable bonds is 5. The Balaban J connectivity index is 2.80. The molecule has 0 aromatic heterocycles. The second kappa shape index (κ2) is 5.73. The van der Waals surface area contributed by atoms with Crippen LogP contribution >= 0.6 is 0 Å². The van der Waals surface area contributed by atoms with Crippen LogP contribution in [0.5, 0.6) is 11.5 Å². The lowest BCUT2D eigenvalue weighted by atomic mass is 10.0. The molecule has 0 atom stereocenters. The number of carbonyl (C=O) groups is 1. The lowest BCUT2D eigenvalue weighted by Gasteiger charge is -2.18. The number of benzene rings is 1. The maximum Gasteiger partial charge on any atom is 0.226 e. The van der Waals surface area contributed by atoms with Crippen molar-refractivity contribution in [2.75, 3.05) is 19.5 Å². The highest BCUT2D eigenvalue weighted by Gasteiger charge is 2.16. The van der Waals surface area contributed by atoms with E-state index in [0.29, 0.717) is 17.2 Å². The van der Waals surface area contributed by atoms with E-state index in [2.05, 4.69) is 5.32 Å². The molecule has 0 saturated heterocycles. The van der Waals surface area contributed by atoms with Gasteiger partial charge in [0.2, 0.25) is 5.91 Å². The highest BCUT2D eigenvalue weighted by molar-refractivity contribution is 5.91. The van der Waals surface area contributed by atoms with Crippen molar-refractivity contribution in [2.24, 2.45) is 5.73 Å². The third-order valence-electron chi connectivity index (χ3n) is 2.25. The first-order valence-corrected chi connectivity index (χ1v) is 5.66. The Labute approximate surface area is 107 Å². The van der Waals surface area contributed by atoms with E-state index in [1.165, 1.54) is 0 Å². The average molecular weight is 252 g/mol. The molecule has 1 aromatic rings. The van der Waals surface area contributed by atoms with Crippen LogP contribution in [-0.2, 0) is 4.79 Å². The number of ether oxygens (including phenoxy) is 2. The fourth-order valence-electron chi connectivity index (χ4n) is 1.50. The number of hydrogen-bond acceptors (Lipinski definition) is 4. The number of carbonyl (C=O) groups excluding carboxylic acids is 1. The van der Waals surface area contributed by atoms with Gasteiger partial charge in [-0.25, -0.2) is 0 Å². The summed E-state index contributed by atoms with van der Waals surface area (Å²) in [5, 5.41) is 2.77. The zero-order valence-corrected chi connectivity index (χ0v) is 11.2. The van der Waals surface area contributed by atoms with Crippen molar-refractivity contribution in [2.45, 2.75) is 25.8 Å². The van der Waals surface area contributed by atoms with Crippen molar-refractivity contribution in [1.82, 2.24) is 0 Å². The maximum atomic E-state index is 11.8. The van der Waals surface area contributed by atoms with Gasteiger partial charge in [-0.2, -0.15) is 0 Å². The van der Waals surface area contributed by atoms with E-state index in [4.69, 9.17) is 15.2 Å². The molecule has 5 nitrogen and oxygen atoms in total. The van der Waals surface area contributed by atoms with E-state index in [-0.39, 0.29) is 12.3 Å². The van der Waals surface area contributed by atoms with Gasteiger partial charge in [-0.3, -0.25) is 4.79 Å². The van der Waals surface area contributed by atoms with Crippen LogP contribution in [0.15, 0.2) is 18.2 Å². The molecule has 0 aliphatic carbocycles. The minimum Gasteiger partial charge on any atom is -0.497 e. The Kier molecular flexibility index (Phi) is 4.55. The van der Waals surface area contributed by atoms with Gasteiger partial charge in [-0.1, -0.05) is 0 Å². The number of methoxy groups -OCH3 is 2. The molecule has 0 radical (unpaired) electrons. The normalized spacial score (nSPS) is 10.9. The molecule has 0 aliphatic rings. The molecule has 0 bridgehead atoms. The molecule has 0 heterocycles. The number of anilines is 1. The predicted molar refractivity (Wildman–Crippen MR) is 71.1 cm³/mol. The Morgan fingerprint density at radius 1 is 1.22 bits per heavy atom. The largest absolute Gasteiger partial charge is 0.497 e. The molecule has 1 amide bonds. The highest BCUT2D eigenvalue weighted by atomic mass is 16.5. The fraction of sp³-hybridized carbons (Fsp3) is 0.462. The summed E-state index contributed by atoms with van der Waals surface area (Å²) in [4.78, 5) is 11.8. The quantitative estimate of drug-likeness (QED) is 0.837. The van der Waals surface area contributed by atoms with Crippen molar-refractivity contribution in [3.05, 3.63) is 18.2 Å². The lowest BCUT2D eigenvalue weighted by Crippen LogP contribution is -2.36. The third-order valence-corrected chi connectivity index (χ3v) is 2.25. The first-order valence-electron chi connectivity index (χ1n) is 5.66. The minimum absolute atomic E-state index is 0.141. The summed E-state index contributed by atoms with van der Waals surface area (Å²) in [6.07, 6.45) is 0.243. The Bertz CT molecular complexity index is 402. The zero-order valence-electron chi connectivity index (χ0n) is 11.2. The van der Waals surface area contributed by atoms with Gasteiger partial charge in [0, 0.05) is 35.8 Å². The summed E-state index contributed by atoms with van der Waals surface area (Å²) >= 11 is 0. The van der Waals surface area contributed by atoms with Crippen molar-refractivity contribution < 1.29 is 14.3 Å². The van der Waals surface area contributed by atoms with Gasteiger partial charge in [0.05, 0.1) is 14.2 Å². The van der Waals surface area contributed by atoms with Gasteiger partial charge in [-0.15, -0.1) is 0 Å². The van der Waals surface area contributed by atoms with Crippen LogP contribution in [0.2, 0.25) is 0 Å². The molecular formula is C13H20N2O3. The third kappa shape index (κ3) is 4.63. The van der Waals surface area contributed by atoms with Gasteiger partial charge in [0.1, 0.15) is 11.5 Å². The summed E-state index contributed by atoms with van der Waals surface area (Å²) in [7, 11) is 3.12. The van der Waals surface area contributed by atoms with Crippen molar-refractivity contribution >= 4 is 11.6 Å². The maximum absolute atomic E-state index is 11.8. The molecule has 0 unspecified atom stereocenters. The SMILES string of the molecule is COc1cc(NC(=O)CC(C)(C)N)cc(OC)c1. The number of nitrogens with one attached hydrogen (secondary N) is 1. The van der Waals surface area contributed by atoms with Crippen molar-refractivity contribution in [1.29, 1.82) is 0 Å². The first kappa shape index (κ1) is 14.3. The lowest BCUT2D eigenvalue weighted by molar-refractivity contribution is -0.117. The number of nitrogens with two attached hydrogens (primary N) is 1. The molecule has 0 spiro atoms. The van der Waals surface area contributed by atoms with Gasteiger partial charge in [0.15, 0.2) is 0 Å². The number of amides is 1. The topological polar surface area (TPSA) is 73.6 Å². The van der Waals surface area contributed by atoms with Crippen LogP contribution in [0, 0.1) is 0 Å². The van der Waals surface area contributed by atoms with E-state index >= 15 is 0 Å².